The molecule has 0 saturated carbocycles. The summed E-state index contributed by atoms with van der Waals surface area (Å²) < 4.78 is 7.42. The molecular weight excluding hydrogens is 226 g/mol. The van der Waals surface area contributed by atoms with Gasteiger partial charge in [0, 0.05) is 6.42 Å². The molecule has 0 aliphatic heterocycles. The van der Waals surface area contributed by atoms with E-state index >= 15 is 0 Å². The minimum atomic E-state index is -1.81. The van der Waals surface area contributed by atoms with Gasteiger partial charge in [-0.2, -0.15) is 0 Å². The summed E-state index contributed by atoms with van der Waals surface area (Å²) in [6.45, 7) is 0. The fraction of sp³-hybridized carbons (Fsp3) is 0.429. The molecule has 0 spiro atoms. The minimum absolute atomic E-state index is 0.280. The third-order valence-electron chi connectivity index (χ3n) is 1.35. The lowest BCUT2D eigenvalue weighted by Crippen LogP contribution is -2.34. The van der Waals surface area contributed by atoms with Gasteiger partial charge in [0.25, 0.3) is 0 Å². The molecule has 9 nitrogen and oxygen atoms in total. The summed E-state index contributed by atoms with van der Waals surface area (Å²) in [4.78, 5) is 41.3. The first kappa shape index (κ1) is 13.8. The molecule has 0 heterocycles. The maximum absolute atomic E-state index is 10.8. The number of nitrogens with two attached hydrogens (primary N) is 1. The van der Waals surface area contributed by atoms with Crippen LogP contribution in [0.4, 0.5) is 9.59 Å². The van der Waals surface area contributed by atoms with Crippen LogP contribution in [0.1, 0.15) is 12.8 Å². The van der Waals surface area contributed by atoms with E-state index in [1.54, 1.807) is 0 Å². The normalized spacial score (nSPS) is 11.3. The molecule has 90 valence electrons. The molecule has 0 aromatic carbocycles. The molecule has 0 fully saturated rings. The average Bonchev–Trinajstić information content (AvgIpc) is 2.11. The summed E-state index contributed by atoms with van der Waals surface area (Å²) in [5, 5.41) is 16.1. The van der Waals surface area contributed by atoms with E-state index in [4.69, 9.17) is 15.9 Å². The number of esters is 2. The van der Waals surface area contributed by atoms with Gasteiger partial charge >= 0.3 is 24.2 Å². The summed E-state index contributed by atoms with van der Waals surface area (Å²) in [7, 11) is 0. The molecule has 0 aromatic rings. The van der Waals surface area contributed by atoms with Gasteiger partial charge in [0.1, 0.15) is 6.04 Å². The van der Waals surface area contributed by atoms with Gasteiger partial charge < -0.3 is 25.4 Å². The fourth-order valence-electron chi connectivity index (χ4n) is 0.701. The Labute approximate surface area is 88.7 Å². The Morgan fingerprint density at radius 3 is 2.00 bits per heavy atom. The van der Waals surface area contributed by atoms with Crippen molar-refractivity contribution < 1.29 is 38.9 Å². The van der Waals surface area contributed by atoms with Crippen molar-refractivity contribution >= 4 is 24.2 Å². The Morgan fingerprint density at radius 1 is 1.06 bits per heavy atom. The number of rotatable bonds is 4. The van der Waals surface area contributed by atoms with Gasteiger partial charge in [-0.05, 0) is 6.42 Å². The summed E-state index contributed by atoms with van der Waals surface area (Å²) in [6.07, 6.45) is -4.30. The van der Waals surface area contributed by atoms with Gasteiger partial charge in [-0.25, -0.2) is 14.4 Å². The maximum Gasteiger partial charge on any atom is 0.513 e. The van der Waals surface area contributed by atoms with Crippen molar-refractivity contribution in [3.63, 3.8) is 0 Å². The standard InChI is InChI=1S/C7H9NO8/c8-3(5(10)16-7(13)14)1-2-4(9)15-6(11)12/h3H,1-2,8H2,(H,11,12)(H,13,14)/t3-/m0/s1. The van der Waals surface area contributed by atoms with E-state index in [0.29, 0.717) is 0 Å². The Bertz CT molecular complexity index is 312. The first-order valence-corrected chi connectivity index (χ1v) is 3.96. The fourth-order valence-corrected chi connectivity index (χ4v) is 0.701. The van der Waals surface area contributed by atoms with Gasteiger partial charge in [-0.1, -0.05) is 0 Å². The molecule has 1 atom stereocenters. The van der Waals surface area contributed by atoms with Crippen LogP contribution >= 0.6 is 0 Å². The van der Waals surface area contributed by atoms with Crippen molar-refractivity contribution in [3.05, 3.63) is 0 Å². The monoisotopic (exact) mass is 235 g/mol. The quantitative estimate of drug-likeness (QED) is 0.433. The molecule has 16 heavy (non-hydrogen) atoms. The van der Waals surface area contributed by atoms with Crippen molar-refractivity contribution in [1.29, 1.82) is 0 Å². The number of ether oxygens (including phenoxy) is 2. The summed E-state index contributed by atoms with van der Waals surface area (Å²) >= 11 is 0. The Morgan fingerprint density at radius 2 is 1.56 bits per heavy atom. The molecule has 0 unspecified atom stereocenters. The van der Waals surface area contributed by atoms with E-state index in [0.717, 1.165) is 0 Å². The first-order valence-electron chi connectivity index (χ1n) is 3.96. The molecular formula is C7H9NO8. The average molecular weight is 235 g/mol. The van der Waals surface area contributed by atoms with Crippen molar-refractivity contribution in [2.24, 2.45) is 5.73 Å². The molecule has 0 amide bonds. The highest BCUT2D eigenvalue weighted by atomic mass is 16.7. The lowest BCUT2D eigenvalue weighted by molar-refractivity contribution is -0.141. The number of carbonyl (C=O) groups excluding carboxylic acids is 2. The van der Waals surface area contributed by atoms with Crippen LogP contribution in [0.2, 0.25) is 0 Å². The lowest BCUT2D eigenvalue weighted by Gasteiger charge is -2.07. The molecule has 4 N–H and O–H groups in total. The van der Waals surface area contributed by atoms with E-state index < -0.39 is 36.7 Å². The molecule has 0 aromatic heterocycles. The maximum atomic E-state index is 10.8. The van der Waals surface area contributed by atoms with Crippen molar-refractivity contribution in [2.75, 3.05) is 0 Å². The molecule has 9 heteroatoms. The third kappa shape index (κ3) is 6.32. The van der Waals surface area contributed by atoms with E-state index in [-0.39, 0.29) is 6.42 Å². The van der Waals surface area contributed by atoms with Crippen LogP contribution in [0.25, 0.3) is 0 Å². The highest BCUT2D eigenvalue weighted by Gasteiger charge is 2.20. The van der Waals surface area contributed by atoms with Crippen LogP contribution < -0.4 is 5.73 Å². The summed E-state index contributed by atoms with van der Waals surface area (Å²) in [6, 6.07) is -1.34. The van der Waals surface area contributed by atoms with Crippen molar-refractivity contribution in [3.8, 4) is 0 Å². The van der Waals surface area contributed by atoms with Crippen LogP contribution in [0.15, 0.2) is 0 Å². The molecule has 0 aliphatic rings. The van der Waals surface area contributed by atoms with Gasteiger partial charge in [-0.3, -0.25) is 4.79 Å². The Hall–Kier alpha value is -2.16. The zero-order chi connectivity index (χ0) is 12.7. The van der Waals surface area contributed by atoms with E-state index in [9.17, 15) is 19.2 Å². The predicted molar refractivity (Wildman–Crippen MR) is 45.4 cm³/mol. The number of hydrogen-bond acceptors (Lipinski definition) is 7. The zero-order valence-electron chi connectivity index (χ0n) is 7.91. The van der Waals surface area contributed by atoms with Gasteiger partial charge in [0.15, 0.2) is 0 Å². The number of carbonyl (C=O) groups is 4. The lowest BCUT2D eigenvalue weighted by atomic mass is 10.2. The molecule has 0 aliphatic carbocycles. The molecule has 0 rings (SSSR count). The minimum Gasteiger partial charge on any atom is -0.449 e. The van der Waals surface area contributed by atoms with Gasteiger partial charge in [0.2, 0.25) is 0 Å². The van der Waals surface area contributed by atoms with Gasteiger partial charge in [0.05, 0.1) is 0 Å². The zero-order valence-corrected chi connectivity index (χ0v) is 7.91. The Balaban J connectivity index is 3.92. The largest absolute Gasteiger partial charge is 0.513 e. The van der Waals surface area contributed by atoms with Crippen LogP contribution in [-0.4, -0.2) is 40.5 Å². The predicted octanol–water partition coefficient (Wildman–Crippen LogP) is -0.464. The van der Waals surface area contributed by atoms with E-state index in [1.807, 2.05) is 0 Å². The molecule has 0 saturated heterocycles. The number of hydrogen-bond donors (Lipinski definition) is 3. The van der Waals surface area contributed by atoms with Gasteiger partial charge in [-0.15, -0.1) is 0 Å². The molecule has 0 radical (unpaired) electrons. The highest BCUT2D eigenvalue weighted by molar-refractivity contribution is 5.85. The topological polar surface area (TPSA) is 153 Å². The van der Waals surface area contributed by atoms with Crippen LogP contribution in [0.5, 0.6) is 0 Å². The van der Waals surface area contributed by atoms with Crippen molar-refractivity contribution in [1.82, 2.24) is 0 Å². The Kier molecular flexibility index (Phi) is 5.49. The number of carboxylic acid groups (broad SMARTS) is 2. The summed E-state index contributed by atoms with van der Waals surface area (Å²) in [5.74, 6) is -2.32. The van der Waals surface area contributed by atoms with E-state index in [2.05, 4.69) is 9.47 Å². The smallest absolute Gasteiger partial charge is 0.449 e. The van der Waals surface area contributed by atoms with Crippen molar-refractivity contribution in [2.45, 2.75) is 18.9 Å². The summed E-state index contributed by atoms with van der Waals surface area (Å²) in [5.41, 5.74) is 5.15. The van der Waals surface area contributed by atoms with Crippen LogP contribution in [0.3, 0.4) is 0 Å². The van der Waals surface area contributed by atoms with Crippen LogP contribution in [-0.2, 0) is 19.1 Å². The second kappa shape index (κ2) is 6.35. The third-order valence-corrected chi connectivity index (χ3v) is 1.35. The SMILES string of the molecule is N[C@@H](CCC(=O)OC(=O)O)C(=O)OC(=O)O. The van der Waals surface area contributed by atoms with Crippen LogP contribution in [0, 0.1) is 0 Å². The molecule has 0 bridgehead atoms. The van der Waals surface area contributed by atoms with E-state index in [1.165, 1.54) is 0 Å². The second-order valence-electron chi connectivity index (χ2n) is 2.57. The first-order chi connectivity index (χ1) is 7.32. The highest BCUT2D eigenvalue weighted by Crippen LogP contribution is 1.99. The second-order valence-corrected chi connectivity index (χ2v) is 2.57.